The van der Waals surface area contributed by atoms with Crippen LogP contribution in [0.2, 0.25) is 5.02 Å². The first-order valence-electron chi connectivity index (χ1n) is 10.1. The molecule has 10 heteroatoms. The third-order valence-electron chi connectivity index (χ3n) is 5.25. The van der Waals surface area contributed by atoms with Crippen molar-refractivity contribution in [3.8, 4) is 0 Å². The molecule has 1 aliphatic rings. The Bertz CT molecular complexity index is 1130. The van der Waals surface area contributed by atoms with Crippen molar-refractivity contribution in [2.24, 2.45) is 0 Å². The van der Waals surface area contributed by atoms with Gasteiger partial charge in [0.25, 0.3) is 0 Å². The molecule has 9 nitrogen and oxygen atoms in total. The predicted molar refractivity (Wildman–Crippen MR) is 118 cm³/mol. The molecule has 2 aromatic heterocycles. The summed E-state index contributed by atoms with van der Waals surface area (Å²) in [6.07, 6.45) is 0.222. The average molecular weight is 443 g/mol. The molecule has 3 N–H and O–H groups in total. The Kier molecular flexibility index (Phi) is 6.34. The fourth-order valence-electron chi connectivity index (χ4n) is 3.57. The Labute approximate surface area is 183 Å². The fourth-order valence-corrected chi connectivity index (χ4v) is 3.70. The van der Waals surface area contributed by atoms with Gasteiger partial charge in [0.2, 0.25) is 11.8 Å². The van der Waals surface area contributed by atoms with Gasteiger partial charge in [0.15, 0.2) is 5.65 Å². The number of carbonyl (C=O) groups excluding carboxylic acids is 2. The second kappa shape index (κ2) is 9.32. The third kappa shape index (κ3) is 5.50. The standard InChI is InChI=1S/C21H23ClN6O3/c22-15-3-1-14(2-4-15)13-27-9-11-28(12-10-27)19(30)8-7-18(29)24-17-6-5-16-20(25-17)26-21(31)23-16/h1-6H,7-13H2,(H3,23,24,25,26,29,31). The predicted octanol–water partition coefficient (Wildman–Crippen LogP) is 1.97. The van der Waals surface area contributed by atoms with Gasteiger partial charge in [-0.25, -0.2) is 9.78 Å². The van der Waals surface area contributed by atoms with Gasteiger partial charge in [0, 0.05) is 50.6 Å². The number of imidazole rings is 1. The SMILES string of the molecule is O=C(CCC(=O)N1CCN(Cc2ccc(Cl)cc2)CC1)Nc1ccc2[nH]c(=O)[nH]c2n1. The van der Waals surface area contributed by atoms with Gasteiger partial charge in [0.1, 0.15) is 5.82 Å². The van der Waals surface area contributed by atoms with E-state index < -0.39 is 0 Å². The maximum atomic E-state index is 12.5. The van der Waals surface area contributed by atoms with Crippen LogP contribution in [0, 0.1) is 0 Å². The lowest BCUT2D eigenvalue weighted by Gasteiger charge is -2.34. The number of amides is 2. The van der Waals surface area contributed by atoms with Crippen LogP contribution in [-0.4, -0.2) is 62.7 Å². The summed E-state index contributed by atoms with van der Waals surface area (Å²) in [7, 11) is 0. The summed E-state index contributed by atoms with van der Waals surface area (Å²) in [6, 6.07) is 11.0. The van der Waals surface area contributed by atoms with E-state index in [1.807, 2.05) is 24.3 Å². The number of benzene rings is 1. The molecule has 0 bridgehead atoms. The van der Waals surface area contributed by atoms with Crippen LogP contribution in [0.4, 0.5) is 5.82 Å². The molecule has 0 atom stereocenters. The first-order chi connectivity index (χ1) is 15.0. The van der Waals surface area contributed by atoms with Gasteiger partial charge in [-0.1, -0.05) is 23.7 Å². The van der Waals surface area contributed by atoms with Crippen molar-refractivity contribution < 1.29 is 9.59 Å². The fraction of sp³-hybridized carbons (Fsp3) is 0.333. The first-order valence-corrected chi connectivity index (χ1v) is 10.5. The van der Waals surface area contributed by atoms with Crippen molar-refractivity contribution in [3.05, 3.63) is 57.5 Å². The number of nitrogens with one attached hydrogen (secondary N) is 3. The smallest absolute Gasteiger partial charge is 0.325 e. The van der Waals surface area contributed by atoms with Crippen molar-refractivity contribution in [1.29, 1.82) is 0 Å². The van der Waals surface area contributed by atoms with Crippen molar-refractivity contribution in [3.63, 3.8) is 0 Å². The van der Waals surface area contributed by atoms with E-state index in [0.717, 1.165) is 24.7 Å². The van der Waals surface area contributed by atoms with Crippen LogP contribution in [0.1, 0.15) is 18.4 Å². The maximum Gasteiger partial charge on any atom is 0.325 e. The molecule has 3 aromatic rings. The highest BCUT2D eigenvalue weighted by atomic mass is 35.5. The van der Waals surface area contributed by atoms with Crippen LogP contribution in [0.3, 0.4) is 0 Å². The van der Waals surface area contributed by atoms with Gasteiger partial charge in [-0.15, -0.1) is 0 Å². The number of halogens is 1. The summed E-state index contributed by atoms with van der Waals surface area (Å²) in [5.74, 6) is 0.00939. The number of piperazine rings is 1. The van der Waals surface area contributed by atoms with Crippen LogP contribution in [0.5, 0.6) is 0 Å². The number of carbonyl (C=O) groups is 2. The molecule has 4 rings (SSSR count). The van der Waals surface area contributed by atoms with E-state index >= 15 is 0 Å². The molecule has 0 aliphatic carbocycles. The van der Waals surface area contributed by atoms with Crippen LogP contribution >= 0.6 is 11.6 Å². The molecular weight excluding hydrogens is 420 g/mol. The molecule has 1 saturated heterocycles. The Morgan fingerprint density at radius 3 is 2.48 bits per heavy atom. The largest absolute Gasteiger partial charge is 0.340 e. The second-order valence-electron chi connectivity index (χ2n) is 7.50. The number of hydrogen-bond acceptors (Lipinski definition) is 5. The molecule has 0 spiro atoms. The zero-order valence-electron chi connectivity index (χ0n) is 16.9. The summed E-state index contributed by atoms with van der Waals surface area (Å²) >= 11 is 5.93. The highest BCUT2D eigenvalue weighted by Crippen LogP contribution is 2.14. The number of nitrogens with zero attached hydrogens (tertiary/aromatic N) is 3. The van der Waals surface area contributed by atoms with Crippen molar-refractivity contribution in [2.75, 3.05) is 31.5 Å². The van der Waals surface area contributed by atoms with Crippen LogP contribution in [0.15, 0.2) is 41.2 Å². The van der Waals surface area contributed by atoms with Gasteiger partial charge in [-0.2, -0.15) is 0 Å². The van der Waals surface area contributed by atoms with Gasteiger partial charge >= 0.3 is 5.69 Å². The van der Waals surface area contributed by atoms with E-state index in [1.54, 1.807) is 17.0 Å². The van der Waals surface area contributed by atoms with Gasteiger partial charge in [-0.05, 0) is 29.8 Å². The number of aromatic amines is 2. The summed E-state index contributed by atoms with van der Waals surface area (Å²) in [4.78, 5) is 49.4. The summed E-state index contributed by atoms with van der Waals surface area (Å²) in [5.41, 5.74) is 1.77. The van der Waals surface area contributed by atoms with Crippen molar-refractivity contribution in [2.45, 2.75) is 19.4 Å². The third-order valence-corrected chi connectivity index (χ3v) is 5.51. The Morgan fingerprint density at radius 1 is 1.00 bits per heavy atom. The molecule has 1 fully saturated rings. The molecule has 162 valence electrons. The summed E-state index contributed by atoms with van der Waals surface area (Å²) in [6.45, 7) is 3.70. The minimum Gasteiger partial charge on any atom is -0.340 e. The molecule has 3 heterocycles. The van der Waals surface area contributed by atoms with Crippen molar-refractivity contribution >= 4 is 40.4 Å². The van der Waals surface area contributed by atoms with E-state index in [0.29, 0.717) is 30.1 Å². The number of anilines is 1. The molecule has 0 saturated carbocycles. The van der Waals surface area contributed by atoms with Crippen LogP contribution < -0.4 is 11.0 Å². The molecule has 2 amide bonds. The Morgan fingerprint density at radius 2 is 1.74 bits per heavy atom. The first kappa shape index (κ1) is 21.1. The highest BCUT2D eigenvalue weighted by molar-refractivity contribution is 6.30. The maximum absolute atomic E-state index is 12.5. The van der Waals surface area contributed by atoms with E-state index in [2.05, 4.69) is 25.2 Å². The zero-order chi connectivity index (χ0) is 21.8. The second-order valence-corrected chi connectivity index (χ2v) is 7.94. The lowest BCUT2D eigenvalue weighted by molar-refractivity contribution is -0.134. The normalized spacial score (nSPS) is 14.7. The molecule has 0 radical (unpaired) electrons. The number of H-pyrrole nitrogens is 2. The average Bonchev–Trinajstić information content (AvgIpc) is 3.13. The number of pyridine rings is 1. The molecule has 31 heavy (non-hydrogen) atoms. The van der Waals surface area contributed by atoms with E-state index in [9.17, 15) is 14.4 Å². The molecule has 1 aromatic carbocycles. The van der Waals surface area contributed by atoms with E-state index in [1.165, 1.54) is 5.56 Å². The van der Waals surface area contributed by atoms with Gasteiger partial charge < -0.3 is 15.2 Å². The zero-order valence-corrected chi connectivity index (χ0v) is 17.6. The minimum absolute atomic E-state index is 0.0281. The van der Waals surface area contributed by atoms with Gasteiger partial charge in [-0.3, -0.25) is 19.5 Å². The Hall–Kier alpha value is -3.17. The lowest BCUT2D eigenvalue weighted by atomic mass is 10.2. The quantitative estimate of drug-likeness (QED) is 0.540. The Balaban J connectivity index is 1.21. The van der Waals surface area contributed by atoms with E-state index in [-0.39, 0.29) is 30.3 Å². The minimum atomic E-state index is -0.357. The number of hydrogen-bond donors (Lipinski definition) is 3. The number of rotatable bonds is 6. The van der Waals surface area contributed by atoms with Crippen molar-refractivity contribution in [1.82, 2.24) is 24.8 Å². The van der Waals surface area contributed by atoms with E-state index in [4.69, 9.17) is 11.6 Å². The van der Waals surface area contributed by atoms with Gasteiger partial charge in [0.05, 0.1) is 5.52 Å². The summed E-state index contributed by atoms with van der Waals surface area (Å²) in [5, 5.41) is 3.39. The molecule has 1 aliphatic heterocycles. The lowest BCUT2D eigenvalue weighted by Crippen LogP contribution is -2.48. The molecular formula is C21H23ClN6O3. The monoisotopic (exact) mass is 442 g/mol. The molecule has 0 unspecified atom stereocenters. The summed E-state index contributed by atoms with van der Waals surface area (Å²) < 4.78 is 0. The topological polar surface area (TPSA) is 114 Å². The van der Waals surface area contributed by atoms with Crippen LogP contribution in [-0.2, 0) is 16.1 Å². The number of fused-ring (bicyclic) bond motifs is 1. The highest BCUT2D eigenvalue weighted by Gasteiger charge is 2.21. The van der Waals surface area contributed by atoms with Crippen LogP contribution in [0.25, 0.3) is 11.2 Å². The number of aromatic nitrogens is 3.